The number of amides is 3. The molecule has 2 aliphatic heterocycles. The first-order valence-corrected chi connectivity index (χ1v) is 11.0. The molecule has 1 saturated carbocycles. The van der Waals surface area contributed by atoms with Gasteiger partial charge in [0, 0.05) is 37.7 Å². The molecule has 2 saturated heterocycles. The van der Waals surface area contributed by atoms with Crippen LogP contribution >= 0.6 is 0 Å². The van der Waals surface area contributed by atoms with E-state index in [1.807, 2.05) is 12.1 Å². The number of piperidine rings is 1. The van der Waals surface area contributed by atoms with Gasteiger partial charge in [0.05, 0.1) is 11.8 Å². The first-order valence-electron chi connectivity index (χ1n) is 11.0. The van der Waals surface area contributed by atoms with Gasteiger partial charge < -0.3 is 15.3 Å². The largest absolute Gasteiger partial charge is 0.481 e. The number of anilines is 1. The number of aliphatic carboxylic acids is 1. The van der Waals surface area contributed by atoms with Crippen LogP contribution in [0.5, 0.6) is 0 Å². The third kappa shape index (κ3) is 4.86. The van der Waals surface area contributed by atoms with Gasteiger partial charge in [-0.15, -0.1) is 0 Å². The molecule has 1 aliphatic carbocycles. The Labute approximate surface area is 180 Å². The van der Waals surface area contributed by atoms with Gasteiger partial charge >= 0.3 is 5.97 Å². The maximum Gasteiger partial charge on any atom is 0.308 e. The summed E-state index contributed by atoms with van der Waals surface area (Å²) in [6.45, 7) is 0.868. The van der Waals surface area contributed by atoms with E-state index in [1.165, 1.54) is 0 Å². The molecule has 1 aromatic rings. The number of rotatable bonds is 5. The smallest absolute Gasteiger partial charge is 0.308 e. The standard InChI is InChI=1S/C22H28N4O5/c27-19-8-6-17(20(28)25-19)14-3-7-18(23-11-14)24-16-4-1-13(2-5-16)21(29)26-10-9-15(12-26)22(30)31/h3,7,11,13,15-17H,1-2,4-6,8-10,12H2,(H,23,24)(H,30,31)(H,25,27,28)/t13-,15-,16-,17?/m1/s1. The second kappa shape index (κ2) is 9.03. The number of hydrogen-bond donors (Lipinski definition) is 3. The van der Waals surface area contributed by atoms with Crippen LogP contribution in [0.3, 0.4) is 0 Å². The predicted molar refractivity (Wildman–Crippen MR) is 111 cm³/mol. The van der Waals surface area contributed by atoms with Crippen LogP contribution in [0.2, 0.25) is 0 Å². The molecule has 1 aromatic heterocycles. The Hall–Kier alpha value is -2.97. The van der Waals surface area contributed by atoms with E-state index in [9.17, 15) is 19.2 Å². The Morgan fingerprint density at radius 2 is 1.84 bits per heavy atom. The molecule has 4 rings (SSSR count). The summed E-state index contributed by atoms with van der Waals surface area (Å²) in [4.78, 5) is 53.3. The summed E-state index contributed by atoms with van der Waals surface area (Å²) in [6, 6.07) is 3.95. The summed E-state index contributed by atoms with van der Waals surface area (Å²) in [6.07, 6.45) is 6.32. The van der Waals surface area contributed by atoms with E-state index < -0.39 is 11.9 Å². The van der Waals surface area contributed by atoms with Crippen LogP contribution in [0.25, 0.3) is 0 Å². The van der Waals surface area contributed by atoms with Crippen LogP contribution in [-0.2, 0) is 19.2 Å². The minimum Gasteiger partial charge on any atom is -0.481 e. The number of pyridine rings is 1. The van der Waals surface area contributed by atoms with Gasteiger partial charge in [-0.1, -0.05) is 6.07 Å². The molecule has 3 fully saturated rings. The van der Waals surface area contributed by atoms with Crippen molar-refractivity contribution < 1.29 is 24.3 Å². The lowest BCUT2D eigenvalue weighted by Gasteiger charge is -2.31. The molecule has 1 unspecified atom stereocenters. The van der Waals surface area contributed by atoms with E-state index >= 15 is 0 Å². The Morgan fingerprint density at radius 1 is 1.06 bits per heavy atom. The van der Waals surface area contributed by atoms with Crippen LogP contribution in [0, 0.1) is 11.8 Å². The highest BCUT2D eigenvalue weighted by atomic mass is 16.4. The van der Waals surface area contributed by atoms with Crippen molar-refractivity contribution in [1.29, 1.82) is 0 Å². The average molecular weight is 428 g/mol. The number of nitrogens with one attached hydrogen (secondary N) is 2. The van der Waals surface area contributed by atoms with Crippen molar-refractivity contribution in [2.24, 2.45) is 11.8 Å². The summed E-state index contributed by atoms with van der Waals surface area (Å²) in [5.74, 6) is -1.30. The molecular weight excluding hydrogens is 400 g/mol. The van der Waals surface area contributed by atoms with E-state index in [4.69, 9.17) is 5.11 Å². The van der Waals surface area contributed by atoms with Gasteiger partial charge in [0.25, 0.3) is 0 Å². The van der Waals surface area contributed by atoms with Crippen molar-refractivity contribution in [3.8, 4) is 0 Å². The van der Waals surface area contributed by atoms with Gasteiger partial charge in [0.2, 0.25) is 17.7 Å². The highest BCUT2D eigenvalue weighted by molar-refractivity contribution is 6.00. The molecule has 2 atom stereocenters. The lowest BCUT2D eigenvalue weighted by atomic mass is 9.85. The fourth-order valence-electron chi connectivity index (χ4n) is 4.82. The number of hydrogen-bond acceptors (Lipinski definition) is 6. The summed E-state index contributed by atoms with van der Waals surface area (Å²) in [7, 11) is 0. The zero-order valence-electron chi connectivity index (χ0n) is 17.4. The van der Waals surface area contributed by atoms with Crippen LogP contribution < -0.4 is 10.6 Å². The molecule has 9 heteroatoms. The molecule has 3 N–H and O–H groups in total. The molecular formula is C22H28N4O5. The quantitative estimate of drug-likeness (QED) is 0.606. The van der Waals surface area contributed by atoms with Gasteiger partial charge in [-0.3, -0.25) is 24.5 Å². The average Bonchev–Trinajstić information content (AvgIpc) is 3.25. The molecule has 3 aliphatic rings. The predicted octanol–water partition coefficient (Wildman–Crippen LogP) is 1.51. The molecule has 0 bridgehead atoms. The number of imide groups is 1. The Balaban J connectivity index is 1.25. The Kier molecular flexibility index (Phi) is 6.20. The van der Waals surface area contributed by atoms with E-state index in [2.05, 4.69) is 15.6 Å². The number of carboxylic acid groups (broad SMARTS) is 1. The molecule has 0 aromatic carbocycles. The monoisotopic (exact) mass is 428 g/mol. The number of nitrogens with zero attached hydrogens (tertiary/aromatic N) is 2. The van der Waals surface area contributed by atoms with Crippen LogP contribution in [0.1, 0.15) is 56.4 Å². The first kappa shape index (κ1) is 21.3. The highest BCUT2D eigenvalue weighted by Crippen LogP contribution is 2.30. The van der Waals surface area contributed by atoms with Crippen molar-refractivity contribution in [2.75, 3.05) is 18.4 Å². The molecule has 31 heavy (non-hydrogen) atoms. The van der Waals surface area contributed by atoms with Crippen molar-refractivity contribution in [3.05, 3.63) is 23.9 Å². The zero-order valence-corrected chi connectivity index (χ0v) is 17.4. The van der Waals surface area contributed by atoms with Gasteiger partial charge in [0.1, 0.15) is 5.82 Å². The topological polar surface area (TPSA) is 129 Å². The molecule has 0 spiro atoms. The second-order valence-electron chi connectivity index (χ2n) is 8.78. The normalized spacial score (nSPS) is 28.8. The maximum atomic E-state index is 12.7. The van der Waals surface area contributed by atoms with Crippen LogP contribution in [0.15, 0.2) is 18.3 Å². The summed E-state index contributed by atoms with van der Waals surface area (Å²) in [5.41, 5.74) is 0.801. The number of likely N-dealkylation sites (tertiary alicyclic amines) is 1. The number of carbonyl (C=O) groups is 4. The van der Waals surface area contributed by atoms with Gasteiger partial charge in [-0.05, 0) is 50.2 Å². The highest BCUT2D eigenvalue weighted by Gasteiger charge is 2.35. The van der Waals surface area contributed by atoms with Gasteiger partial charge in [-0.25, -0.2) is 4.98 Å². The first-order chi connectivity index (χ1) is 14.9. The third-order valence-corrected chi connectivity index (χ3v) is 6.71. The lowest BCUT2D eigenvalue weighted by Crippen LogP contribution is -2.39. The van der Waals surface area contributed by atoms with Crippen molar-refractivity contribution >= 4 is 29.5 Å². The van der Waals surface area contributed by atoms with E-state index in [0.717, 1.165) is 37.1 Å². The SMILES string of the molecule is O=C1CCC(c2ccc(N[C@H]3CC[C@H](C(=O)N4CC[C@@H](C(=O)O)C4)CC3)nc2)C(=O)N1. The second-order valence-corrected chi connectivity index (χ2v) is 8.78. The van der Waals surface area contributed by atoms with Gasteiger partial charge in [-0.2, -0.15) is 0 Å². The van der Waals surface area contributed by atoms with Crippen LogP contribution in [-0.4, -0.2) is 57.8 Å². The Bertz CT molecular complexity index is 863. The van der Waals surface area contributed by atoms with E-state index in [1.54, 1.807) is 11.1 Å². The summed E-state index contributed by atoms with van der Waals surface area (Å²) in [5, 5.41) is 14.9. The minimum atomic E-state index is -0.820. The van der Waals surface area contributed by atoms with Crippen molar-refractivity contribution in [2.45, 2.75) is 56.9 Å². The van der Waals surface area contributed by atoms with Crippen molar-refractivity contribution in [1.82, 2.24) is 15.2 Å². The van der Waals surface area contributed by atoms with Crippen LogP contribution in [0.4, 0.5) is 5.82 Å². The van der Waals surface area contributed by atoms with Crippen molar-refractivity contribution in [3.63, 3.8) is 0 Å². The fraction of sp³-hybridized carbons (Fsp3) is 0.591. The minimum absolute atomic E-state index is 0.0338. The summed E-state index contributed by atoms with van der Waals surface area (Å²) >= 11 is 0. The molecule has 9 nitrogen and oxygen atoms in total. The number of aromatic nitrogens is 1. The Morgan fingerprint density at radius 3 is 2.45 bits per heavy atom. The van der Waals surface area contributed by atoms with E-state index in [-0.39, 0.29) is 35.6 Å². The van der Waals surface area contributed by atoms with E-state index in [0.29, 0.717) is 32.4 Å². The molecule has 0 radical (unpaired) electrons. The third-order valence-electron chi connectivity index (χ3n) is 6.71. The lowest BCUT2D eigenvalue weighted by molar-refractivity contribution is -0.142. The maximum absolute atomic E-state index is 12.7. The van der Waals surface area contributed by atoms with Gasteiger partial charge in [0.15, 0.2) is 0 Å². The fourth-order valence-corrected chi connectivity index (χ4v) is 4.82. The molecule has 3 amide bonds. The summed E-state index contributed by atoms with van der Waals surface area (Å²) < 4.78 is 0. The number of carboxylic acids is 1. The number of carbonyl (C=O) groups excluding carboxylic acids is 3. The zero-order chi connectivity index (χ0) is 22.0. The molecule has 3 heterocycles. The molecule has 166 valence electrons.